The summed E-state index contributed by atoms with van der Waals surface area (Å²) in [6.07, 6.45) is 1.36. The molecule has 0 atom stereocenters. The van der Waals surface area contributed by atoms with Crippen molar-refractivity contribution in [3.05, 3.63) is 51.9 Å². The summed E-state index contributed by atoms with van der Waals surface area (Å²) in [7, 11) is 0. The number of hydrogen-bond acceptors (Lipinski definition) is 5. The monoisotopic (exact) mass is 262 g/mol. The molecule has 1 heterocycles. The van der Waals surface area contributed by atoms with Crippen molar-refractivity contribution in [2.45, 2.75) is 19.4 Å². The zero-order valence-electron chi connectivity index (χ0n) is 10.7. The second kappa shape index (κ2) is 4.72. The second-order valence-electron chi connectivity index (χ2n) is 4.97. The van der Waals surface area contributed by atoms with E-state index < -0.39 is 4.92 Å². The van der Waals surface area contributed by atoms with Crippen molar-refractivity contribution in [3.8, 4) is 0 Å². The van der Waals surface area contributed by atoms with Crippen LogP contribution >= 0.6 is 0 Å². The van der Waals surface area contributed by atoms with Crippen molar-refractivity contribution in [1.29, 1.82) is 0 Å². The second-order valence-corrected chi connectivity index (χ2v) is 4.97. The molecule has 100 valence electrons. The Morgan fingerprint density at radius 3 is 2.53 bits per heavy atom. The molecule has 0 unspecified atom stereocenters. The molecule has 0 aromatic heterocycles. The van der Waals surface area contributed by atoms with Gasteiger partial charge in [-0.2, -0.15) is 0 Å². The maximum Gasteiger partial charge on any atom is 0.269 e. The molecular formula is C13H14N2O4. The number of nitrogens with zero attached hydrogens (tertiary/aromatic N) is 1. The minimum absolute atomic E-state index is 0.0411. The van der Waals surface area contributed by atoms with Gasteiger partial charge in [0.15, 0.2) is 11.7 Å². The number of non-ortho nitro benzene ring substituents is 1. The molecule has 0 saturated carbocycles. The summed E-state index contributed by atoms with van der Waals surface area (Å²) >= 11 is 0. The number of allylic oxidation sites excluding steroid dienone is 1. The maximum atomic E-state index is 11.9. The Kier molecular flexibility index (Phi) is 3.25. The SMILES string of the molecule is CC1(C)COC(=CC(=O)c2ccc([N+](=O)[O-])cc2)N1. The fourth-order valence-corrected chi connectivity index (χ4v) is 1.69. The van der Waals surface area contributed by atoms with Crippen molar-refractivity contribution in [3.63, 3.8) is 0 Å². The van der Waals surface area contributed by atoms with E-state index in [1.807, 2.05) is 13.8 Å². The lowest BCUT2D eigenvalue weighted by molar-refractivity contribution is -0.384. The number of hydrogen-bond donors (Lipinski definition) is 1. The number of rotatable bonds is 3. The molecule has 1 aliphatic rings. The third-order valence-corrected chi connectivity index (χ3v) is 2.67. The lowest BCUT2D eigenvalue weighted by Gasteiger charge is -2.13. The van der Waals surface area contributed by atoms with Crippen LogP contribution in [-0.2, 0) is 4.74 Å². The van der Waals surface area contributed by atoms with Gasteiger partial charge in [-0.15, -0.1) is 0 Å². The van der Waals surface area contributed by atoms with Crippen LogP contribution < -0.4 is 5.32 Å². The molecule has 0 radical (unpaired) electrons. The van der Waals surface area contributed by atoms with E-state index in [9.17, 15) is 14.9 Å². The third-order valence-electron chi connectivity index (χ3n) is 2.67. The first-order valence-corrected chi connectivity index (χ1v) is 5.79. The molecular weight excluding hydrogens is 248 g/mol. The summed E-state index contributed by atoms with van der Waals surface area (Å²) in [5.74, 6) is 0.170. The molecule has 1 aliphatic heterocycles. The van der Waals surface area contributed by atoms with E-state index in [0.717, 1.165) is 0 Å². The largest absolute Gasteiger partial charge is 0.477 e. The van der Waals surface area contributed by atoms with Crippen molar-refractivity contribution in [2.75, 3.05) is 6.61 Å². The van der Waals surface area contributed by atoms with Gasteiger partial charge < -0.3 is 10.1 Å². The number of nitrogens with one attached hydrogen (secondary N) is 1. The van der Waals surface area contributed by atoms with Gasteiger partial charge in [-0.3, -0.25) is 14.9 Å². The van der Waals surface area contributed by atoms with E-state index in [1.54, 1.807) is 0 Å². The molecule has 0 amide bonds. The molecule has 1 fully saturated rings. The highest BCUT2D eigenvalue weighted by Gasteiger charge is 2.27. The van der Waals surface area contributed by atoms with Gasteiger partial charge in [0.05, 0.1) is 10.5 Å². The van der Waals surface area contributed by atoms with Crippen LogP contribution in [0.25, 0.3) is 0 Å². The smallest absolute Gasteiger partial charge is 0.269 e. The highest BCUT2D eigenvalue weighted by molar-refractivity contribution is 6.04. The van der Waals surface area contributed by atoms with E-state index in [-0.39, 0.29) is 17.0 Å². The molecule has 1 N–H and O–H groups in total. The Hall–Kier alpha value is -2.37. The number of benzene rings is 1. The summed E-state index contributed by atoms with van der Waals surface area (Å²) in [6, 6.07) is 5.46. The average Bonchev–Trinajstić information content (AvgIpc) is 2.68. The van der Waals surface area contributed by atoms with E-state index in [0.29, 0.717) is 18.1 Å². The van der Waals surface area contributed by atoms with E-state index in [1.165, 1.54) is 30.3 Å². The van der Waals surface area contributed by atoms with Gasteiger partial charge in [0.1, 0.15) is 6.61 Å². The summed E-state index contributed by atoms with van der Waals surface area (Å²) in [5, 5.41) is 13.6. The van der Waals surface area contributed by atoms with Gasteiger partial charge in [0.25, 0.3) is 5.69 Å². The van der Waals surface area contributed by atoms with E-state index >= 15 is 0 Å². The number of nitro groups is 1. The first-order chi connectivity index (χ1) is 8.87. The summed E-state index contributed by atoms with van der Waals surface area (Å²) < 4.78 is 5.34. The Labute approximate surface area is 110 Å². The van der Waals surface area contributed by atoms with Gasteiger partial charge in [0.2, 0.25) is 0 Å². The zero-order valence-corrected chi connectivity index (χ0v) is 10.7. The minimum Gasteiger partial charge on any atom is -0.477 e. The molecule has 0 bridgehead atoms. The molecule has 6 heteroatoms. The van der Waals surface area contributed by atoms with Gasteiger partial charge in [-0.05, 0) is 26.0 Å². The predicted octanol–water partition coefficient (Wildman–Crippen LogP) is 2.02. The van der Waals surface area contributed by atoms with E-state index in [2.05, 4.69) is 5.32 Å². The Balaban J connectivity index is 2.12. The summed E-state index contributed by atoms with van der Waals surface area (Å²) in [5.41, 5.74) is 0.149. The van der Waals surface area contributed by atoms with Crippen molar-refractivity contribution in [1.82, 2.24) is 5.32 Å². The van der Waals surface area contributed by atoms with Crippen LogP contribution in [0.4, 0.5) is 5.69 Å². The Bertz CT molecular complexity index is 546. The molecule has 1 aromatic carbocycles. The van der Waals surface area contributed by atoms with Crippen LogP contribution in [0.1, 0.15) is 24.2 Å². The standard InChI is InChI=1S/C13H14N2O4/c1-13(2)8-19-12(14-13)7-11(16)9-3-5-10(6-4-9)15(17)18/h3-7,14H,8H2,1-2H3. The number of ether oxygens (including phenoxy) is 1. The van der Waals surface area contributed by atoms with Gasteiger partial charge >= 0.3 is 0 Å². The molecule has 6 nitrogen and oxygen atoms in total. The van der Waals surface area contributed by atoms with Gasteiger partial charge in [-0.1, -0.05) is 0 Å². The lowest BCUT2D eigenvalue weighted by atomic mass is 10.1. The number of carbonyl (C=O) groups excluding carboxylic acids is 1. The maximum absolute atomic E-state index is 11.9. The van der Waals surface area contributed by atoms with Gasteiger partial charge in [0, 0.05) is 23.8 Å². The Morgan fingerprint density at radius 2 is 2.05 bits per heavy atom. The fraction of sp³-hybridized carbons (Fsp3) is 0.308. The van der Waals surface area contributed by atoms with Gasteiger partial charge in [-0.25, -0.2) is 0 Å². The van der Waals surface area contributed by atoms with Crippen LogP contribution in [0.2, 0.25) is 0 Å². The van der Waals surface area contributed by atoms with Crippen LogP contribution in [0.3, 0.4) is 0 Å². The van der Waals surface area contributed by atoms with Crippen molar-refractivity contribution in [2.24, 2.45) is 0 Å². The van der Waals surface area contributed by atoms with Crippen LogP contribution in [0.5, 0.6) is 0 Å². The first kappa shape index (κ1) is 13.1. The Morgan fingerprint density at radius 1 is 1.42 bits per heavy atom. The normalized spacial score (nSPS) is 18.7. The minimum atomic E-state index is -0.503. The number of carbonyl (C=O) groups is 1. The van der Waals surface area contributed by atoms with E-state index in [4.69, 9.17) is 4.74 Å². The quantitative estimate of drug-likeness (QED) is 0.390. The third kappa shape index (κ3) is 3.09. The number of ketones is 1. The molecule has 0 spiro atoms. The summed E-state index contributed by atoms with van der Waals surface area (Å²) in [4.78, 5) is 21.9. The number of nitro benzene ring substituents is 1. The fourth-order valence-electron chi connectivity index (χ4n) is 1.69. The highest BCUT2D eigenvalue weighted by atomic mass is 16.6. The topological polar surface area (TPSA) is 81.5 Å². The van der Waals surface area contributed by atoms with Crippen LogP contribution in [0, 0.1) is 10.1 Å². The van der Waals surface area contributed by atoms with Crippen LogP contribution in [-0.4, -0.2) is 22.9 Å². The molecule has 1 aromatic rings. The molecule has 2 rings (SSSR count). The lowest BCUT2D eigenvalue weighted by Crippen LogP contribution is -2.34. The zero-order chi connectivity index (χ0) is 14.0. The highest BCUT2D eigenvalue weighted by Crippen LogP contribution is 2.18. The average molecular weight is 262 g/mol. The van der Waals surface area contributed by atoms with Crippen molar-refractivity contribution < 1.29 is 14.5 Å². The van der Waals surface area contributed by atoms with Crippen molar-refractivity contribution >= 4 is 11.5 Å². The predicted molar refractivity (Wildman–Crippen MR) is 68.7 cm³/mol. The molecule has 0 aliphatic carbocycles. The first-order valence-electron chi connectivity index (χ1n) is 5.79. The summed E-state index contributed by atoms with van der Waals surface area (Å²) in [6.45, 7) is 4.42. The molecule has 19 heavy (non-hydrogen) atoms. The van der Waals surface area contributed by atoms with Crippen LogP contribution in [0.15, 0.2) is 36.2 Å². The molecule has 1 saturated heterocycles.